The fourth-order valence-electron chi connectivity index (χ4n) is 3.46. The Hall–Kier alpha value is -2.40. The summed E-state index contributed by atoms with van der Waals surface area (Å²) in [6.07, 6.45) is 1.89. The van der Waals surface area contributed by atoms with Gasteiger partial charge in [0.2, 0.25) is 6.79 Å². The number of hydrogen-bond donors (Lipinski definition) is 1. The number of benzene rings is 2. The molecule has 0 saturated carbocycles. The Kier molecular flexibility index (Phi) is 3.94. The van der Waals surface area contributed by atoms with E-state index in [2.05, 4.69) is 23.5 Å². The molecule has 5 heteroatoms. The molecule has 0 bridgehead atoms. The molecule has 0 radical (unpaired) electrons. The van der Waals surface area contributed by atoms with Crippen LogP contribution in [0.15, 0.2) is 30.3 Å². The summed E-state index contributed by atoms with van der Waals surface area (Å²) >= 11 is 0. The van der Waals surface area contributed by atoms with Crippen molar-refractivity contribution in [1.29, 1.82) is 0 Å². The van der Waals surface area contributed by atoms with Gasteiger partial charge in [0.15, 0.2) is 23.0 Å². The van der Waals surface area contributed by atoms with Gasteiger partial charge in [-0.2, -0.15) is 0 Å². The molecular weight excluding hydrogens is 306 g/mol. The first kappa shape index (κ1) is 15.1. The minimum absolute atomic E-state index is 0.251. The van der Waals surface area contributed by atoms with Gasteiger partial charge in [0.25, 0.3) is 0 Å². The Morgan fingerprint density at radius 3 is 2.62 bits per heavy atom. The summed E-state index contributed by atoms with van der Waals surface area (Å²) < 4.78 is 21.8. The quantitative estimate of drug-likeness (QED) is 0.936. The molecule has 24 heavy (non-hydrogen) atoms. The summed E-state index contributed by atoms with van der Waals surface area (Å²) in [5.74, 6) is 3.22. The van der Waals surface area contributed by atoms with Crippen molar-refractivity contribution in [2.24, 2.45) is 0 Å². The number of rotatable bonds is 4. The Labute approximate surface area is 141 Å². The van der Waals surface area contributed by atoms with Gasteiger partial charge < -0.3 is 24.3 Å². The van der Waals surface area contributed by atoms with Gasteiger partial charge in [-0.3, -0.25) is 0 Å². The maximum absolute atomic E-state index is 5.54. The molecule has 2 aromatic rings. The molecule has 0 saturated heterocycles. The molecule has 0 spiro atoms. The molecule has 2 aromatic carbocycles. The predicted molar refractivity (Wildman–Crippen MR) is 90.3 cm³/mol. The summed E-state index contributed by atoms with van der Waals surface area (Å²) in [5.41, 5.74) is 3.83. The van der Waals surface area contributed by atoms with E-state index < -0.39 is 0 Å². The summed E-state index contributed by atoms with van der Waals surface area (Å²) in [6, 6.07) is 10.6. The normalized spacial score (nSPS) is 18.2. The zero-order chi connectivity index (χ0) is 16.5. The van der Waals surface area contributed by atoms with Crippen LogP contribution in [0.1, 0.15) is 22.7 Å². The Morgan fingerprint density at radius 2 is 1.83 bits per heavy atom. The Bertz CT molecular complexity index is 759. The van der Waals surface area contributed by atoms with Crippen molar-refractivity contribution in [3.05, 3.63) is 47.0 Å². The summed E-state index contributed by atoms with van der Waals surface area (Å²) in [7, 11) is 3.32. The second kappa shape index (κ2) is 6.24. The van der Waals surface area contributed by atoms with Crippen LogP contribution < -0.4 is 24.3 Å². The van der Waals surface area contributed by atoms with Crippen molar-refractivity contribution in [2.75, 3.05) is 27.6 Å². The molecule has 0 fully saturated rings. The summed E-state index contributed by atoms with van der Waals surface area (Å²) in [6.45, 7) is 1.27. The van der Waals surface area contributed by atoms with Crippen LogP contribution in [0.3, 0.4) is 0 Å². The van der Waals surface area contributed by atoms with Crippen molar-refractivity contribution in [3.8, 4) is 23.0 Å². The van der Waals surface area contributed by atoms with Crippen LogP contribution in [0.25, 0.3) is 0 Å². The van der Waals surface area contributed by atoms with E-state index in [1.165, 1.54) is 16.7 Å². The van der Waals surface area contributed by atoms with Crippen molar-refractivity contribution >= 4 is 0 Å². The average Bonchev–Trinajstić information content (AvgIpc) is 3.07. The standard InChI is InChI=1S/C19H21NO4/c1-21-16-4-3-12(8-17(16)22-2)7-15-14-10-19-18(23-11-24-19)9-13(14)5-6-20-15/h3-4,8-10,15,20H,5-7,11H2,1-2H3/t15-/m1/s1. The van der Waals surface area contributed by atoms with Crippen LogP contribution in [-0.4, -0.2) is 27.6 Å². The van der Waals surface area contributed by atoms with E-state index in [1.807, 2.05) is 12.1 Å². The van der Waals surface area contributed by atoms with Gasteiger partial charge in [0, 0.05) is 6.04 Å². The smallest absolute Gasteiger partial charge is 0.231 e. The second-order valence-electron chi connectivity index (χ2n) is 6.05. The first-order chi connectivity index (χ1) is 11.8. The minimum Gasteiger partial charge on any atom is -0.493 e. The van der Waals surface area contributed by atoms with Gasteiger partial charge in [-0.15, -0.1) is 0 Å². The van der Waals surface area contributed by atoms with Gasteiger partial charge in [-0.05, 0) is 60.3 Å². The van der Waals surface area contributed by atoms with Crippen LogP contribution >= 0.6 is 0 Å². The van der Waals surface area contributed by atoms with E-state index in [1.54, 1.807) is 14.2 Å². The summed E-state index contributed by atoms with van der Waals surface area (Å²) in [4.78, 5) is 0. The van der Waals surface area contributed by atoms with Gasteiger partial charge in [0.05, 0.1) is 14.2 Å². The third kappa shape index (κ3) is 2.65. The SMILES string of the molecule is COc1ccc(C[C@H]2NCCc3cc4c(cc32)OCO4)cc1OC. The van der Waals surface area contributed by atoms with Gasteiger partial charge in [0.1, 0.15) is 0 Å². The highest BCUT2D eigenvalue weighted by Gasteiger charge is 2.25. The van der Waals surface area contributed by atoms with E-state index in [-0.39, 0.29) is 6.04 Å². The third-order valence-corrected chi connectivity index (χ3v) is 4.68. The molecule has 2 heterocycles. The number of fused-ring (bicyclic) bond motifs is 2. The zero-order valence-electron chi connectivity index (χ0n) is 13.9. The lowest BCUT2D eigenvalue weighted by atomic mass is 9.90. The van der Waals surface area contributed by atoms with Crippen molar-refractivity contribution in [1.82, 2.24) is 5.32 Å². The number of ether oxygens (including phenoxy) is 4. The maximum Gasteiger partial charge on any atom is 0.231 e. The van der Waals surface area contributed by atoms with E-state index in [0.717, 1.165) is 42.4 Å². The predicted octanol–water partition coefficient (Wildman–Crippen LogP) is 2.86. The minimum atomic E-state index is 0.251. The van der Waals surface area contributed by atoms with Crippen molar-refractivity contribution in [2.45, 2.75) is 18.9 Å². The average molecular weight is 327 g/mol. The molecule has 0 amide bonds. The topological polar surface area (TPSA) is 49.0 Å². The van der Waals surface area contributed by atoms with Gasteiger partial charge >= 0.3 is 0 Å². The summed E-state index contributed by atoms with van der Waals surface area (Å²) in [5, 5.41) is 3.61. The largest absolute Gasteiger partial charge is 0.493 e. The molecule has 126 valence electrons. The number of nitrogens with one attached hydrogen (secondary N) is 1. The van der Waals surface area contributed by atoms with Crippen molar-refractivity contribution in [3.63, 3.8) is 0 Å². The first-order valence-electron chi connectivity index (χ1n) is 8.15. The second-order valence-corrected chi connectivity index (χ2v) is 6.05. The van der Waals surface area contributed by atoms with Gasteiger partial charge in [-0.25, -0.2) is 0 Å². The van der Waals surface area contributed by atoms with Crippen molar-refractivity contribution < 1.29 is 18.9 Å². The van der Waals surface area contributed by atoms with Crippen LogP contribution in [0.5, 0.6) is 23.0 Å². The fourth-order valence-corrected chi connectivity index (χ4v) is 3.46. The molecule has 1 N–H and O–H groups in total. The number of hydrogen-bond acceptors (Lipinski definition) is 5. The molecule has 0 aromatic heterocycles. The highest BCUT2D eigenvalue weighted by molar-refractivity contribution is 5.51. The first-order valence-corrected chi connectivity index (χ1v) is 8.15. The monoisotopic (exact) mass is 327 g/mol. The molecule has 1 atom stereocenters. The molecule has 4 rings (SSSR count). The van der Waals surface area contributed by atoms with E-state index in [0.29, 0.717) is 6.79 Å². The Balaban J connectivity index is 1.63. The fraction of sp³-hybridized carbons (Fsp3) is 0.368. The van der Waals surface area contributed by atoms with E-state index >= 15 is 0 Å². The molecule has 0 unspecified atom stereocenters. The highest BCUT2D eigenvalue weighted by atomic mass is 16.7. The molecule has 5 nitrogen and oxygen atoms in total. The molecule has 2 aliphatic rings. The lowest BCUT2D eigenvalue weighted by molar-refractivity contribution is 0.174. The highest BCUT2D eigenvalue weighted by Crippen LogP contribution is 2.39. The molecular formula is C19H21NO4. The Morgan fingerprint density at radius 1 is 1.04 bits per heavy atom. The van der Waals surface area contributed by atoms with Crippen LogP contribution in [0, 0.1) is 0 Å². The number of methoxy groups -OCH3 is 2. The lowest BCUT2D eigenvalue weighted by Crippen LogP contribution is -2.31. The van der Waals surface area contributed by atoms with Gasteiger partial charge in [-0.1, -0.05) is 6.07 Å². The van der Waals surface area contributed by atoms with Crippen LogP contribution in [-0.2, 0) is 12.8 Å². The molecule has 0 aliphatic carbocycles. The zero-order valence-corrected chi connectivity index (χ0v) is 13.9. The molecule has 2 aliphatic heterocycles. The maximum atomic E-state index is 5.54. The third-order valence-electron chi connectivity index (χ3n) is 4.68. The van der Waals surface area contributed by atoms with E-state index in [4.69, 9.17) is 18.9 Å². The van der Waals surface area contributed by atoms with Crippen LogP contribution in [0.2, 0.25) is 0 Å². The van der Waals surface area contributed by atoms with Crippen LogP contribution in [0.4, 0.5) is 0 Å². The van der Waals surface area contributed by atoms with E-state index in [9.17, 15) is 0 Å². The lowest BCUT2D eigenvalue weighted by Gasteiger charge is -2.27.